The van der Waals surface area contributed by atoms with Crippen LogP contribution in [0.3, 0.4) is 0 Å². The Labute approximate surface area is 199 Å². The van der Waals surface area contributed by atoms with E-state index in [4.69, 9.17) is 4.74 Å². The van der Waals surface area contributed by atoms with E-state index in [0.717, 1.165) is 38.2 Å². The highest BCUT2D eigenvalue weighted by Crippen LogP contribution is 2.24. The normalized spacial score (nSPS) is 24.1. The Morgan fingerprint density at radius 2 is 1.94 bits per heavy atom. The van der Waals surface area contributed by atoms with Crippen LogP contribution in [0.1, 0.15) is 49.2 Å². The first-order chi connectivity index (χ1) is 15.8. The van der Waals surface area contributed by atoms with Crippen molar-refractivity contribution in [2.75, 3.05) is 31.6 Å². The van der Waals surface area contributed by atoms with Crippen molar-refractivity contribution in [3.05, 3.63) is 40.9 Å². The number of carbonyl (C=O) groups excluding carboxylic acids is 1. The summed E-state index contributed by atoms with van der Waals surface area (Å²) in [5, 5.41) is 5.35. The molecule has 0 radical (unpaired) electrons. The van der Waals surface area contributed by atoms with E-state index in [9.17, 15) is 13.2 Å². The number of nitrogens with zero attached hydrogens (tertiary/aromatic N) is 2. The number of benzene rings is 1. The van der Waals surface area contributed by atoms with Crippen molar-refractivity contribution in [2.24, 2.45) is 11.8 Å². The second-order valence-electron chi connectivity index (χ2n) is 9.25. The van der Waals surface area contributed by atoms with Gasteiger partial charge in [-0.1, -0.05) is 13.8 Å². The quantitative estimate of drug-likeness (QED) is 0.586. The maximum atomic E-state index is 12.6. The molecule has 2 fully saturated rings. The molecule has 33 heavy (non-hydrogen) atoms. The molecule has 3 atom stereocenters. The molecule has 0 spiro atoms. The van der Waals surface area contributed by atoms with Crippen molar-refractivity contribution in [3.8, 4) is 0 Å². The van der Waals surface area contributed by atoms with Gasteiger partial charge in [0.1, 0.15) is 0 Å². The monoisotopic (exact) mass is 492 g/mol. The lowest BCUT2D eigenvalue weighted by Crippen LogP contribution is -2.38. The smallest absolute Gasteiger partial charge is 0.257 e. The summed E-state index contributed by atoms with van der Waals surface area (Å²) in [6.07, 6.45) is 3.00. The topological polar surface area (TPSA) is 101 Å². The van der Waals surface area contributed by atoms with Crippen LogP contribution in [-0.2, 0) is 21.3 Å². The fraction of sp³-hybridized carbons (Fsp3) is 0.565. The molecule has 2 aliphatic rings. The number of anilines is 1. The number of hydrogen-bond donors (Lipinski definition) is 2. The van der Waals surface area contributed by atoms with Gasteiger partial charge >= 0.3 is 0 Å². The summed E-state index contributed by atoms with van der Waals surface area (Å²) < 4.78 is 33.0. The summed E-state index contributed by atoms with van der Waals surface area (Å²) >= 11 is 1.40. The third-order valence-electron chi connectivity index (χ3n) is 6.05. The Morgan fingerprint density at radius 3 is 2.61 bits per heavy atom. The van der Waals surface area contributed by atoms with Gasteiger partial charge in [0.25, 0.3) is 5.91 Å². The van der Waals surface area contributed by atoms with Crippen LogP contribution in [0.15, 0.2) is 34.5 Å². The molecule has 2 aromatic rings. The molecule has 4 rings (SSSR count). The van der Waals surface area contributed by atoms with E-state index in [0.29, 0.717) is 29.1 Å². The van der Waals surface area contributed by atoms with Crippen LogP contribution < -0.4 is 10.0 Å². The average molecular weight is 493 g/mol. The molecule has 8 nitrogen and oxygen atoms in total. The van der Waals surface area contributed by atoms with E-state index in [2.05, 4.69) is 33.8 Å². The fourth-order valence-electron chi connectivity index (χ4n) is 4.63. The molecule has 1 aromatic heterocycles. The van der Waals surface area contributed by atoms with Crippen molar-refractivity contribution in [1.82, 2.24) is 14.6 Å². The van der Waals surface area contributed by atoms with E-state index >= 15 is 0 Å². The first-order valence-corrected chi connectivity index (χ1v) is 13.8. The van der Waals surface area contributed by atoms with E-state index in [-0.39, 0.29) is 23.5 Å². The molecule has 1 aromatic carbocycles. The Kier molecular flexibility index (Phi) is 7.80. The number of ether oxygens (including phenoxy) is 1. The second-order valence-corrected chi connectivity index (χ2v) is 11.9. The van der Waals surface area contributed by atoms with Crippen LogP contribution >= 0.6 is 11.3 Å². The molecule has 10 heteroatoms. The van der Waals surface area contributed by atoms with E-state index < -0.39 is 10.0 Å². The zero-order valence-electron chi connectivity index (χ0n) is 19.1. The maximum absolute atomic E-state index is 12.6. The minimum atomic E-state index is -3.64. The van der Waals surface area contributed by atoms with Gasteiger partial charge in [-0.2, -0.15) is 0 Å². The number of amides is 1. The Balaban J connectivity index is 1.31. The van der Waals surface area contributed by atoms with Gasteiger partial charge in [0.15, 0.2) is 5.13 Å². The summed E-state index contributed by atoms with van der Waals surface area (Å²) in [5.41, 5.74) is 1.33. The standard InChI is InChI=1S/C23H32N4O4S2/c1-16-10-17(2)13-27(12-16)14-19-15-32-23(25-19)26-22(28)18-5-7-21(8-6-18)33(29,30)24-11-20-4-3-9-31-20/h5-8,15-17,20,24H,3-4,9-14H2,1-2H3,(H,25,26,28). The summed E-state index contributed by atoms with van der Waals surface area (Å²) in [6, 6.07) is 5.92. The molecular weight excluding hydrogens is 460 g/mol. The molecule has 2 aliphatic heterocycles. The lowest BCUT2D eigenvalue weighted by Gasteiger charge is -2.34. The Bertz CT molecular complexity index is 1040. The zero-order chi connectivity index (χ0) is 23.4. The summed E-state index contributed by atoms with van der Waals surface area (Å²) in [4.78, 5) is 19.7. The largest absolute Gasteiger partial charge is 0.377 e. The minimum Gasteiger partial charge on any atom is -0.377 e. The van der Waals surface area contributed by atoms with Gasteiger partial charge in [0.2, 0.25) is 10.0 Å². The lowest BCUT2D eigenvalue weighted by molar-refractivity contribution is 0.102. The van der Waals surface area contributed by atoms with Crippen molar-refractivity contribution >= 4 is 32.4 Å². The first kappa shape index (κ1) is 24.3. The lowest BCUT2D eigenvalue weighted by atomic mass is 9.92. The average Bonchev–Trinajstić information content (AvgIpc) is 3.44. The maximum Gasteiger partial charge on any atom is 0.257 e. The van der Waals surface area contributed by atoms with Gasteiger partial charge < -0.3 is 4.74 Å². The minimum absolute atomic E-state index is 0.0743. The number of piperidine rings is 1. The molecule has 0 aliphatic carbocycles. The number of rotatable bonds is 8. The predicted molar refractivity (Wildman–Crippen MR) is 129 cm³/mol. The van der Waals surface area contributed by atoms with Crippen molar-refractivity contribution < 1.29 is 17.9 Å². The van der Waals surface area contributed by atoms with Crippen molar-refractivity contribution in [2.45, 2.75) is 50.7 Å². The van der Waals surface area contributed by atoms with Crippen molar-refractivity contribution in [1.29, 1.82) is 0 Å². The predicted octanol–water partition coefficient (Wildman–Crippen LogP) is 3.33. The van der Waals surface area contributed by atoms with Gasteiger partial charge in [0, 0.05) is 43.7 Å². The van der Waals surface area contributed by atoms with Gasteiger partial charge in [0.05, 0.1) is 16.7 Å². The van der Waals surface area contributed by atoms with Gasteiger partial charge in [-0.25, -0.2) is 18.1 Å². The molecule has 2 N–H and O–H groups in total. The first-order valence-electron chi connectivity index (χ1n) is 11.5. The molecule has 2 saturated heterocycles. The Morgan fingerprint density at radius 1 is 1.21 bits per heavy atom. The number of nitrogens with one attached hydrogen (secondary N) is 2. The fourth-order valence-corrected chi connectivity index (χ4v) is 6.40. The highest BCUT2D eigenvalue weighted by molar-refractivity contribution is 7.89. The number of aromatic nitrogens is 1. The third-order valence-corrected chi connectivity index (χ3v) is 8.30. The van der Waals surface area contributed by atoms with Crippen LogP contribution in [0.25, 0.3) is 0 Å². The molecular formula is C23H32N4O4S2. The molecule has 3 heterocycles. The number of likely N-dealkylation sites (tertiary alicyclic amines) is 1. The van der Waals surface area contributed by atoms with Crippen LogP contribution in [0.2, 0.25) is 0 Å². The SMILES string of the molecule is CC1CC(C)CN(Cc2csc(NC(=O)c3ccc(S(=O)(=O)NCC4CCCO4)cc3)n2)C1. The van der Waals surface area contributed by atoms with Gasteiger partial charge in [-0.15, -0.1) is 11.3 Å². The second kappa shape index (κ2) is 10.6. The number of sulfonamides is 1. The number of carbonyl (C=O) groups is 1. The zero-order valence-corrected chi connectivity index (χ0v) is 20.8. The Hall–Kier alpha value is -1.85. The highest BCUT2D eigenvalue weighted by Gasteiger charge is 2.23. The summed E-state index contributed by atoms with van der Waals surface area (Å²) in [5.74, 6) is 1.06. The highest BCUT2D eigenvalue weighted by atomic mass is 32.2. The van der Waals surface area contributed by atoms with E-state index in [1.54, 1.807) is 0 Å². The summed E-state index contributed by atoms with van der Waals surface area (Å²) in [7, 11) is -3.64. The molecule has 0 bridgehead atoms. The van der Waals surface area contributed by atoms with Crippen LogP contribution in [0.4, 0.5) is 5.13 Å². The van der Waals surface area contributed by atoms with Crippen LogP contribution in [-0.4, -0.2) is 56.6 Å². The molecule has 3 unspecified atom stereocenters. The number of hydrogen-bond acceptors (Lipinski definition) is 7. The van der Waals surface area contributed by atoms with Gasteiger partial charge in [-0.05, 0) is 55.4 Å². The third kappa shape index (κ3) is 6.60. The molecule has 180 valence electrons. The summed E-state index contributed by atoms with van der Waals surface area (Å²) in [6.45, 7) is 8.42. The molecule has 1 amide bonds. The van der Waals surface area contributed by atoms with Crippen LogP contribution in [0.5, 0.6) is 0 Å². The molecule has 0 saturated carbocycles. The van der Waals surface area contributed by atoms with Crippen LogP contribution in [0, 0.1) is 11.8 Å². The van der Waals surface area contributed by atoms with E-state index in [1.807, 2.05) is 5.38 Å². The van der Waals surface area contributed by atoms with Gasteiger partial charge in [-0.3, -0.25) is 15.0 Å². The number of thiazole rings is 1. The van der Waals surface area contributed by atoms with Crippen molar-refractivity contribution in [3.63, 3.8) is 0 Å². The van der Waals surface area contributed by atoms with E-state index in [1.165, 1.54) is 42.0 Å².